The Morgan fingerprint density at radius 1 is 1.48 bits per heavy atom. The van der Waals surface area contributed by atoms with E-state index in [0.717, 1.165) is 19.6 Å². The van der Waals surface area contributed by atoms with Crippen LogP contribution in [-0.2, 0) is 0 Å². The molecule has 0 spiro atoms. The molecular weight excluding hydrogens is 268 g/mol. The molecule has 1 fully saturated rings. The summed E-state index contributed by atoms with van der Waals surface area (Å²) in [5, 5.41) is 13.4. The summed E-state index contributed by atoms with van der Waals surface area (Å²) in [6, 6.07) is 7.46. The molecule has 5 nitrogen and oxygen atoms in total. The van der Waals surface area contributed by atoms with Crippen LogP contribution in [0, 0.1) is 0 Å². The van der Waals surface area contributed by atoms with Gasteiger partial charge in [0.25, 0.3) is 0 Å². The number of ether oxygens (including phenoxy) is 1. The molecule has 2 unspecified atom stereocenters. The first-order valence-corrected chi connectivity index (χ1v) is 7.42. The van der Waals surface area contributed by atoms with Gasteiger partial charge in [0, 0.05) is 37.8 Å². The summed E-state index contributed by atoms with van der Waals surface area (Å²) in [5.74, 6) is 0.710. The summed E-state index contributed by atoms with van der Waals surface area (Å²) in [7, 11) is 0. The second-order valence-corrected chi connectivity index (χ2v) is 5.66. The van der Waals surface area contributed by atoms with E-state index in [1.165, 1.54) is 6.92 Å². The van der Waals surface area contributed by atoms with Gasteiger partial charge >= 0.3 is 0 Å². The van der Waals surface area contributed by atoms with E-state index in [2.05, 4.69) is 17.1 Å². The molecule has 0 aliphatic carbocycles. The van der Waals surface area contributed by atoms with Crippen LogP contribution in [0.3, 0.4) is 0 Å². The number of aliphatic hydroxyl groups excluding tert-OH is 1. The molecule has 1 aromatic rings. The molecule has 1 aliphatic rings. The number of hydrogen-bond donors (Lipinski definition) is 2. The average Bonchev–Trinajstić information content (AvgIpc) is 2.45. The highest BCUT2D eigenvalue weighted by Crippen LogP contribution is 2.13. The summed E-state index contributed by atoms with van der Waals surface area (Å²) in [5.41, 5.74) is 0.665. The molecule has 0 bridgehead atoms. The number of hydrogen-bond acceptors (Lipinski definition) is 5. The third kappa shape index (κ3) is 5.12. The van der Waals surface area contributed by atoms with E-state index in [1.54, 1.807) is 24.3 Å². The first kappa shape index (κ1) is 15.9. The molecule has 21 heavy (non-hydrogen) atoms. The van der Waals surface area contributed by atoms with E-state index in [-0.39, 0.29) is 12.4 Å². The van der Waals surface area contributed by atoms with E-state index in [9.17, 15) is 9.90 Å². The number of nitrogens with zero attached hydrogens (tertiary/aromatic N) is 1. The minimum atomic E-state index is -0.511. The van der Waals surface area contributed by atoms with Crippen molar-refractivity contribution in [2.45, 2.75) is 26.0 Å². The van der Waals surface area contributed by atoms with Crippen molar-refractivity contribution in [3.8, 4) is 5.75 Å². The van der Waals surface area contributed by atoms with Crippen LogP contribution < -0.4 is 10.1 Å². The lowest BCUT2D eigenvalue weighted by Gasteiger charge is -2.33. The Bertz CT molecular complexity index is 461. The van der Waals surface area contributed by atoms with Crippen LogP contribution >= 0.6 is 0 Å². The number of Topliss-reactive ketones (excluding diaryl/α,β-unsaturated/α-hetero) is 1. The highest BCUT2D eigenvalue weighted by Gasteiger charge is 2.18. The fourth-order valence-electron chi connectivity index (χ4n) is 2.51. The molecule has 0 radical (unpaired) electrons. The van der Waals surface area contributed by atoms with Crippen molar-refractivity contribution in [2.24, 2.45) is 0 Å². The Morgan fingerprint density at radius 2 is 2.19 bits per heavy atom. The zero-order valence-electron chi connectivity index (χ0n) is 12.7. The number of carbonyl (C=O) groups is 1. The lowest BCUT2D eigenvalue weighted by atomic mass is 10.1. The number of rotatable bonds is 6. The molecule has 0 saturated carbocycles. The minimum Gasteiger partial charge on any atom is -0.491 e. The predicted octanol–water partition coefficient (Wildman–Crippen LogP) is 0.923. The Balaban J connectivity index is 1.75. The summed E-state index contributed by atoms with van der Waals surface area (Å²) >= 11 is 0. The average molecular weight is 292 g/mol. The van der Waals surface area contributed by atoms with Gasteiger partial charge in [0.2, 0.25) is 0 Å². The molecular formula is C16H24N2O3. The quantitative estimate of drug-likeness (QED) is 0.764. The standard InChI is InChI=1S/C16H24N2O3/c1-12-9-18(8-7-17-12)10-15(20)11-21-16-5-3-14(4-6-16)13(2)19/h3-6,12,15,17,20H,7-11H2,1-2H3. The van der Waals surface area contributed by atoms with Gasteiger partial charge in [-0.25, -0.2) is 0 Å². The molecule has 1 aromatic carbocycles. The molecule has 1 heterocycles. The van der Waals surface area contributed by atoms with E-state index in [4.69, 9.17) is 4.74 Å². The zero-order chi connectivity index (χ0) is 15.2. The summed E-state index contributed by atoms with van der Waals surface area (Å²) in [6.07, 6.45) is -0.511. The molecule has 0 amide bonds. The number of carbonyl (C=O) groups excluding carboxylic acids is 1. The molecule has 2 rings (SSSR count). The smallest absolute Gasteiger partial charge is 0.159 e. The Morgan fingerprint density at radius 3 is 2.81 bits per heavy atom. The molecule has 2 N–H and O–H groups in total. The van der Waals surface area contributed by atoms with Crippen molar-refractivity contribution in [2.75, 3.05) is 32.8 Å². The van der Waals surface area contributed by atoms with E-state index >= 15 is 0 Å². The lowest BCUT2D eigenvalue weighted by molar-refractivity contribution is 0.0589. The van der Waals surface area contributed by atoms with Gasteiger partial charge in [-0.2, -0.15) is 0 Å². The number of nitrogens with one attached hydrogen (secondary N) is 1. The van der Waals surface area contributed by atoms with Gasteiger partial charge in [0.1, 0.15) is 18.5 Å². The van der Waals surface area contributed by atoms with Gasteiger partial charge < -0.3 is 15.2 Å². The van der Waals surface area contributed by atoms with E-state index in [0.29, 0.717) is 23.9 Å². The van der Waals surface area contributed by atoms with Crippen LogP contribution in [0.15, 0.2) is 24.3 Å². The highest BCUT2D eigenvalue weighted by atomic mass is 16.5. The largest absolute Gasteiger partial charge is 0.491 e. The third-order valence-corrected chi connectivity index (χ3v) is 3.63. The first-order valence-electron chi connectivity index (χ1n) is 7.42. The maximum Gasteiger partial charge on any atom is 0.159 e. The monoisotopic (exact) mass is 292 g/mol. The number of β-amino-alcohol motifs (C(OH)–C–C–N with tert-alkyl or cyclic N) is 1. The predicted molar refractivity (Wildman–Crippen MR) is 81.9 cm³/mol. The summed E-state index contributed by atoms with van der Waals surface area (Å²) in [4.78, 5) is 13.4. The van der Waals surface area contributed by atoms with Crippen molar-refractivity contribution in [1.82, 2.24) is 10.2 Å². The molecule has 5 heteroatoms. The fraction of sp³-hybridized carbons (Fsp3) is 0.562. The topological polar surface area (TPSA) is 61.8 Å². The van der Waals surface area contributed by atoms with Crippen molar-refractivity contribution in [3.05, 3.63) is 29.8 Å². The Labute approximate surface area is 125 Å². The van der Waals surface area contributed by atoms with Gasteiger partial charge in [0.05, 0.1) is 0 Å². The first-order chi connectivity index (χ1) is 10.0. The van der Waals surface area contributed by atoms with Crippen molar-refractivity contribution >= 4 is 5.78 Å². The normalized spacial score (nSPS) is 21.0. The molecule has 116 valence electrons. The van der Waals surface area contributed by atoms with E-state index < -0.39 is 6.10 Å². The van der Waals surface area contributed by atoms with Crippen molar-refractivity contribution in [3.63, 3.8) is 0 Å². The number of ketones is 1. The van der Waals surface area contributed by atoms with Crippen LogP contribution in [0.1, 0.15) is 24.2 Å². The Kier molecular flexibility index (Phi) is 5.73. The van der Waals surface area contributed by atoms with Gasteiger partial charge in [0.15, 0.2) is 5.78 Å². The van der Waals surface area contributed by atoms with Crippen LogP contribution in [0.2, 0.25) is 0 Å². The zero-order valence-corrected chi connectivity index (χ0v) is 12.7. The number of piperazine rings is 1. The molecule has 2 atom stereocenters. The second-order valence-electron chi connectivity index (χ2n) is 5.66. The summed E-state index contributed by atoms with van der Waals surface area (Å²) in [6.45, 7) is 7.43. The maximum absolute atomic E-state index is 11.2. The highest BCUT2D eigenvalue weighted by molar-refractivity contribution is 5.94. The van der Waals surface area contributed by atoms with Gasteiger partial charge in [-0.3, -0.25) is 9.69 Å². The number of aliphatic hydroxyl groups is 1. The lowest BCUT2D eigenvalue weighted by Crippen LogP contribution is -2.51. The minimum absolute atomic E-state index is 0.0365. The fourth-order valence-corrected chi connectivity index (χ4v) is 2.51. The van der Waals surface area contributed by atoms with Crippen LogP contribution in [0.25, 0.3) is 0 Å². The van der Waals surface area contributed by atoms with Crippen LogP contribution in [0.5, 0.6) is 5.75 Å². The van der Waals surface area contributed by atoms with Crippen molar-refractivity contribution in [1.29, 1.82) is 0 Å². The molecule has 1 aliphatic heterocycles. The van der Waals surface area contributed by atoms with Crippen LogP contribution in [-0.4, -0.2) is 60.7 Å². The van der Waals surface area contributed by atoms with Gasteiger partial charge in [-0.15, -0.1) is 0 Å². The maximum atomic E-state index is 11.2. The summed E-state index contributed by atoms with van der Waals surface area (Å²) < 4.78 is 5.57. The Hall–Kier alpha value is -1.43. The van der Waals surface area contributed by atoms with Gasteiger partial charge in [-0.05, 0) is 38.1 Å². The SMILES string of the molecule is CC(=O)c1ccc(OCC(O)CN2CCNC(C)C2)cc1. The van der Waals surface area contributed by atoms with Gasteiger partial charge in [-0.1, -0.05) is 0 Å². The molecule has 1 saturated heterocycles. The third-order valence-electron chi connectivity index (χ3n) is 3.63. The molecule has 0 aromatic heterocycles. The number of benzene rings is 1. The second kappa shape index (κ2) is 7.54. The van der Waals surface area contributed by atoms with E-state index in [1.807, 2.05) is 0 Å². The van der Waals surface area contributed by atoms with Crippen molar-refractivity contribution < 1.29 is 14.6 Å². The van der Waals surface area contributed by atoms with Crippen LogP contribution in [0.4, 0.5) is 0 Å².